The second-order valence-corrected chi connectivity index (χ2v) is 6.67. The first-order valence-corrected chi connectivity index (χ1v) is 8.61. The summed E-state index contributed by atoms with van der Waals surface area (Å²) in [6.45, 7) is 1.48. The van der Waals surface area contributed by atoms with Gasteiger partial charge in [0.2, 0.25) is 5.91 Å². The van der Waals surface area contributed by atoms with Crippen LogP contribution in [-0.4, -0.2) is 37.6 Å². The van der Waals surface area contributed by atoms with Gasteiger partial charge in [-0.15, -0.1) is 0 Å². The fourth-order valence-electron chi connectivity index (χ4n) is 1.93. The van der Waals surface area contributed by atoms with Gasteiger partial charge in [0, 0.05) is 15.1 Å². The lowest BCUT2D eigenvalue weighted by Crippen LogP contribution is -2.33. The van der Waals surface area contributed by atoms with E-state index in [1.807, 2.05) is 48.3 Å². The lowest BCUT2D eigenvalue weighted by atomic mass is 10.3. The smallest absolute Gasteiger partial charge is 0.238 e. The number of ether oxygens (including phenoxy) is 1. The first kappa shape index (κ1) is 18.0. The molecule has 0 saturated heterocycles. The molecule has 6 heteroatoms. The van der Waals surface area contributed by atoms with Crippen molar-refractivity contribution in [1.82, 2.24) is 4.90 Å². The number of likely N-dealkylation sites (N-methyl/N-ethyl adjacent to an activating group) is 1. The largest absolute Gasteiger partial charge is 0.492 e. The van der Waals surface area contributed by atoms with Crippen molar-refractivity contribution in [2.75, 3.05) is 32.1 Å². The molecule has 2 aromatic carbocycles. The molecule has 0 saturated carbocycles. The molecule has 0 bridgehead atoms. The summed E-state index contributed by atoms with van der Waals surface area (Å²) in [7, 11) is 1.89. The minimum Gasteiger partial charge on any atom is -0.492 e. The predicted octanol–water partition coefficient (Wildman–Crippen LogP) is 3.89. The van der Waals surface area contributed by atoms with Gasteiger partial charge >= 0.3 is 0 Å². The zero-order valence-electron chi connectivity index (χ0n) is 12.8. The van der Waals surface area contributed by atoms with Gasteiger partial charge in [0.25, 0.3) is 0 Å². The van der Waals surface area contributed by atoms with Crippen LogP contribution in [0.25, 0.3) is 0 Å². The summed E-state index contributed by atoms with van der Waals surface area (Å²) in [5.74, 6) is 0.731. The Labute approximate surface area is 154 Å². The van der Waals surface area contributed by atoms with Crippen LogP contribution >= 0.6 is 34.2 Å². The fraction of sp³-hybridized carbons (Fsp3) is 0.235. The lowest BCUT2D eigenvalue weighted by Gasteiger charge is -2.17. The second kappa shape index (κ2) is 9.10. The van der Waals surface area contributed by atoms with Crippen molar-refractivity contribution in [2.45, 2.75) is 0 Å². The van der Waals surface area contributed by atoms with Gasteiger partial charge in [-0.05, 0) is 66.0 Å². The highest BCUT2D eigenvalue weighted by Crippen LogP contribution is 2.17. The van der Waals surface area contributed by atoms with Crippen LogP contribution in [-0.2, 0) is 4.79 Å². The van der Waals surface area contributed by atoms with E-state index in [1.54, 1.807) is 12.1 Å². The number of nitrogens with zero attached hydrogens (tertiary/aromatic N) is 1. The number of halogens is 2. The molecule has 0 aliphatic heterocycles. The van der Waals surface area contributed by atoms with Gasteiger partial charge in [-0.1, -0.05) is 23.7 Å². The molecule has 0 fully saturated rings. The van der Waals surface area contributed by atoms with E-state index in [2.05, 4.69) is 27.9 Å². The van der Waals surface area contributed by atoms with Crippen molar-refractivity contribution >= 4 is 45.8 Å². The fourth-order valence-corrected chi connectivity index (χ4v) is 2.57. The van der Waals surface area contributed by atoms with Gasteiger partial charge < -0.3 is 10.1 Å². The number of nitrogens with one attached hydrogen (secondary N) is 1. The molecule has 0 radical (unpaired) electrons. The highest BCUT2D eigenvalue weighted by molar-refractivity contribution is 14.1. The molecule has 4 nitrogen and oxygen atoms in total. The average molecular weight is 445 g/mol. The Balaban J connectivity index is 1.71. The molecule has 0 aromatic heterocycles. The number of hydrogen-bond acceptors (Lipinski definition) is 3. The number of amides is 1. The summed E-state index contributed by atoms with van der Waals surface area (Å²) >= 11 is 8.02. The maximum Gasteiger partial charge on any atom is 0.238 e. The van der Waals surface area contributed by atoms with Crippen molar-refractivity contribution in [2.24, 2.45) is 0 Å². The molecule has 0 atom stereocenters. The zero-order valence-corrected chi connectivity index (χ0v) is 15.7. The number of rotatable bonds is 7. The third-order valence-corrected chi connectivity index (χ3v) is 4.31. The Kier molecular flexibility index (Phi) is 7.14. The molecular formula is C17H18ClIN2O2. The molecule has 0 spiro atoms. The Morgan fingerprint density at radius 1 is 1.22 bits per heavy atom. The van der Waals surface area contributed by atoms with Crippen LogP contribution in [0.2, 0.25) is 5.02 Å². The van der Waals surface area contributed by atoms with E-state index in [0.29, 0.717) is 24.7 Å². The Bertz CT molecular complexity index is 649. The number of hydrogen-bond donors (Lipinski definition) is 1. The first-order chi connectivity index (χ1) is 11.0. The summed E-state index contributed by atoms with van der Waals surface area (Å²) < 4.78 is 6.64. The molecule has 2 rings (SSSR count). The summed E-state index contributed by atoms with van der Waals surface area (Å²) in [4.78, 5) is 14.0. The van der Waals surface area contributed by atoms with E-state index in [9.17, 15) is 4.79 Å². The van der Waals surface area contributed by atoms with Crippen molar-refractivity contribution in [3.63, 3.8) is 0 Å². The Morgan fingerprint density at radius 3 is 2.61 bits per heavy atom. The number of carbonyl (C=O) groups is 1. The van der Waals surface area contributed by atoms with Gasteiger partial charge in [-0.2, -0.15) is 0 Å². The van der Waals surface area contributed by atoms with E-state index in [4.69, 9.17) is 16.3 Å². The van der Waals surface area contributed by atoms with Gasteiger partial charge in [-0.25, -0.2) is 0 Å². The monoisotopic (exact) mass is 444 g/mol. The van der Waals surface area contributed by atoms with Crippen molar-refractivity contribution in [1.29, 1.82) is 0 Å². The Hall–Kier alpha value is -1.31. The molecule has 0 aliphatic carbocycles. The van der Waals surface area contributed by atoms with E-state index >= 15 is 0 Å². The second-order valence-electron chi connectivity index (χ2n) is 5.07. The highest BCUT2D eigenvalue weighted by atomic mass is 127. The van der Waals surface area contributed by atoms with E-state index < -0.39 is 0 Å². The van der Waals surface area contributed by atoms with Crippen LogP contribution in [0.15, 0.2) is 48.5 Å². The van der Waals surface area contributed by atoms with Crippen molar-refractivity contribution in [3.05, 3.63) is 57.1 Å². The summed E-state index contributed by atoms with van der Waals surface area (Å²) in [5.41, 5.74) is 0.837. The lowest BCUT2D eigenvalue weighted by molar-refractivity contribution is -0.117. The number of benzene rings is 2. The van der Waals surface area contributed by atoms with Crippen LogP contribution in [0.5, 0.6) is 5.75 Å². The number of para-hydroxylation sites is 1. The van der Waals surface area contributed by atoms with Crippen LogP contribution < -0.4 is 10.1 Å². The molecule has 1 N–H and O–H groups in total. The predicted molar refractivity (Wildman–Crippen MR) is 102 cm³/mol. The normalized spacial score (nSPS) is 10.6. The van der Waals surface area contributed by atoms with Crippen molar-refractivity contribution in [3.8, 4) is 5.75 Å². The van der Waals surface area contributed by atoms with Crippen LogP contribution in [0, 0.1) is 3.57 Å². The molecule has 0 heterocycles. The SMILES string of the molecule is CN(CCOc1ccc(Cl)cc1)CC(=O)Nc1ccccc1I. The quantitative estimate of drug-likeness (QED) is 0.659. The van der Waals surface area contributed by atoms with E-state index in [1.165, 1.54) is 0 Å². The number of anilines is 1. The molecule has 122 valence electrons. The molecule has 0 unspecified atom stereocenters. The van der Waals surface area contributed by atoms with Crippen molar-refractivity contribution < 1.29 is 9.53 Å². The molecule has 1 amide bonds. The highest BCUT2D eigenvalue weighted by Gasteiger charge is 2.08. The number of carbonyl (C=O) groups excluding carboxylic acids is 1. The molecule has 2 aromatic rings. The van der Waals surface area contributed by atoms with Gasteiger partial charge in [-0.3, -0.25) is 9.69 Å². The minimum absolute atomic E-state index is 0.0388. The third kappa shape index (κ3) is 6.37. The minimum atomic E-state index is -0.0388. The van der Waals surface area contributed by atoms with Gasteiger partial charge in [0.1, 0.15) is 12.4 Å². The molecule has 0 aliphatic rings. The van der Waals surface area contributed by atoms with Crippen LogP contribution in [0.3, 0.4) is 0 Å². The summed E-state index contributed by atoms with van der Waals surface area (Å²) in [6.07, 6.45) is 0. The van der Waals surface area contributed by atoms with Crippen LogP contribution in [0.1, 0.15) is 0 Å². The first-order valence-electron chi connectivity index (χ1n) is 7.16. The Morgan fingerprint density at radius 2 is 1.91 bits per heavy atom. The summed E-state index contributed by atoms with van der Waals surface area (Å²) in [6, 6.07) is 14.9. The van der Waals surface area contributed by atoms with E-state index in [0.717, 1.165) is 15.0 Å². The van der Waals surface area contributed by atoms with Crippen LogP contribution in [0.4, 0.5) is 5.69 Å². The zero-order chi connectivity index (χ0) is 16.7. The van der Waals surface area contributed by atoms with E-state index in [-0.39, 0.29) is 5.91 Å². The maximum atomic E-state index is 12.0. The standard InChI is InChI=1S/C17H18ClIN2O2/c1-21(10-11-23-14-8-6-13(18)7-9-14)12-17(22)20-16-5-3-2-4-15(16)19/h2-9H,10-12H2,1H3,(H,20,22). The van der Waals surface area contributed by atoms with Gasteiger partial charge in [0.15, 0.2) is 0 Å². The maximum absolute atomic E-state index is 12.0. The third-order valence-electron chi connectivity index (χ3n) is 3.12. The van der Waals surface area contributed by atoms with Gasteiger partial charge in [0.05, 0.1) is 12.2 Å². The topological polar surface area (TPSA) is 41.6 Å². The average Bonchev–Trinajstić information content (AvgIpc) is 2.51. The molecular weight excluding hydrogens is 427 g/mol. The summed E-state index contributed by atoms with van der Waals surface area (Å²) in [5, 5.41) is 3.59. The molecule has 23 heavy (non-hydrogen) atoms.